The number of rotatable bonds is 15. The van der Waals surface area contributed by atoms with Crippen molar-refractivity contribution in [2.45, 2.75) is 49.9 Å². The van der Waals surface area contributed by atoms with Gasteiger partial charge in [0.2, 0.25) is 17.7 Å². The van der Waals surface area contributed by atoms with E-state index in [0.717, 1.165) is 16.5 Å². The number of carbonyl (C=O) groups is 4. The number of amides is 3. The van der Waals surface area contributed by atoms with Gasteiger partial charge in [0.15, 0.2) is 0 Å². The lowest BCUT2D eigenvalue weighted by Crippen LogP contribution is -2.58. The Labute approximate surface area is 276 Å². The average Bonchev–Trinajstić information content (AvgIpc) is 3.75. The Morgan fingerprint density at radius 3 is 2.00 bits per heavy atom. The number of para-hydroxylation sites is 1. The van der Waals surface area contributed by atoms with E-state index >= 15 is 0 Å². The maximum atomic E-state index is 13.8. The smallest absolute Gasteiger partial charge is 0.326 e. The van der Waals surface area contributed by atoms with Crippen molar-refractivity contribution in [3.8, 4) is 5.75 Å². The molecule has 0 spiro atoms. The van der Waals surface area contributed by atoms with Crippen LogP contribution in [0.25, 0.3) is 10.9 Å². The maximum absolute atomic E-state index is 13.8. The second-order valence-electron chi connectivity index (χ2n) is 11.5. The van der Waals surface area contributed by atoms with E-state index in [0.29, 0.717) is 16.8 Å². The van der Waals surface area contributed by atoms with Gasteiger partial charge in [0.05, 0.1) is 12.4 Å². The highest BCUT2D eigenvalue weighted by molar-refractivity contribution is 5.94. The number of H-pyrrole nitrogens is 2. The van der Waals surface area contributed by atoms with Gasteiger partial charge in [-0.3, -0.25) is 14.4 Å². The van der Waals surface area contributed by atoms with Crippen LogP contribution < -0.4 is 21.7 Å². The quantitative estimate of drug-likeness (QED) is 0.0832. The summed E-state index contributed by atoms with van der Waals surface area (Å²) in [5.74, 6) is -3.22. The summed E-state index contributed by atoms with van der Waals surface area (Å²) in [6.07, 6.45) is 4.96. The first-order valence-corrected chi connectivity index (χ1v) is 15.4. The van der Waals surface area contributed by atoms with Crippen LogP contribution in [0.2, 0.25) is 0 Å². The second-order valence-corrected chi connectivity index (χ2v) is 11.5. The molecule has 248 valence electrons. The number of nitrogens with two attached hydrogens (primary N) is 1. The zero-order valence-electron chi connectivity index (χ0n) is 25.9. The molecule has 3 amide bonds. The largest absolute Gasteiger partial charge is 0.508 e. The Morgan fingerprint density at radius 2 is 1.31 bits per heavy atom. The summed E-state index contributed by atoms with van der Waals surface area (Å²) in [7, 11) is 0. The fourth-order valence-corrected chi connectivity index (χ4v) is 5.41. The number of hydrogen-bond donors (Lipinski definition) is 8. The van der Waals surface area contributed by atoms with E-state index in [4.69, 9.17) is 5.73 Å². The number of nitrogens with zero attached hydrogens (tertiary/aromatic N) is 1. The number of aromatic amines is 2. The van der Waals surface area contributed by atoms with Crippen LogP contribution in [0.4, 0.5) is 0 Å². The van der Waals surface area contributed by atoms with E-state index < -0.39 is 47.9 Å². The molecule has 4 atom stereocenters. The predicted octanol–water partition coefficient (Wildman–Crippen LogP) is 1.73. The number of benzene rings is 3. The number of hydrogen-bond acceptors (Lipinski definition) is 7. The first-order valence-electron chi connectivity index (χ1n) is 15.4. The molecule has 13 heteroatoms. The maximum Gasteiger partial charge on any atom is 0.326 e. The molecule has 0 saturated carbocycles. The van der Waals surface area contributed by atoms with E-state index in [1.807, 2.05) is 24.3 Å². The molecule has 5 aromatic rings. The van der Waals surface area contributed by atoms with Crippen molar-refractivity contribution in [2.75, 3.05) is 0 Å². The minimum Gasteiger partial charge on any atom is -0.508 e. The average molecular weight is 652 g/mol. The van der Waals surface area contributed by atoms with Crippen molar-refractivity contribution in [2.24, 2.45) is 5.73 Å². The molecule has 4 unspecified atom stereocenters. The van der Waals surface area contributed by atoms with E-state index in [-0.39, 0.29) is 31.4 Å². The summed E-state index contributed by atoms with van der Waals surface area (Å²) in [6, 6.07) is 17.9. The summed E-state index contributed by atoms with van der Waals surface area (Å²) in [4.78, 5) is 63.1. The highest BCUT2D eigenvalue weighted by Crippen LogP contribution is 2.19. The Morgan fingerprint density at radius 1 is 0.708 bits per heavy atom. The van der Waals surface area contributed by atoms with Gasteiger partial charge in [-0.1, -0.05) is 60.7 Å². The first-order chi connectivity index (χ1) is 23.2. The molecule has 0 fully saturated rings. The van der Waals surface area contributed by atoms with Crippen molar-refractivity contribution in [1.82, 2.24) is 30.9 Å². The van der Waals surface area contributed by atoms with Crippen LogP contribution in [-0.2, 0) is 44.9 Å². The number of carboxylic acid groups (broad SMARTS) is 1. The molecule has 0 radical (unpaired) electrons. The molecule has 3 aromatic carbocycles. The molecule has 5 rings (SSSR count). The van der Waals surface area contributed by atoms with Gasteiger partial charge in [-0.05, 0) is 41.3 Å². The van der Waals surface area contributed by atoms with Gasteiger partial charge in [0, 0.05) is 48.3 Å². The Hall–Kier alpha value is -5.95. The van der Waals surface area contributed by atoms with Gasteiger partial charge >= 0.3 is 5.97 Å². The van der Waals surface area contributed by atoms with Crippen molar-refractivity contribution in [1.29, 1.82) is 0 Å². The van der Waals surface area contributed by atoms with Crippen molar-refractivity contribution >= 4 is 34.6 Å². The number of phenols is 1. The summed E-state index contributed by atoms with van der Waals surface area (Å²) in [5, 5.41) is 28.6. The third-order valence-electron chi connectivity index (χ3n) is 7.97. The number of nitrogens with one attached hydrogen (secondary N) is 5. The normalized spacial score (nSPS) is 13.6. The number of phenolic OH excluding ortho intramolecular Hbond substituents is 1. The molecule has 0 aliphatic rings. The van der Waals surface area contributed by atoms with E-state index in [1.54, 1.807) is 48.7 Å². The third kappa shape index (κ3) is 8.85. The second kappa shape index (κ2) is 15.6. The Bertz CT molecular complexity index is 1840. The molecule has 0 bridgehead atoms. The van der Waals surface area contributed by atoms with Gasteiger partial charge < -0.3 is 41.9 Å². The van der Waals surface area contributed by atoms with Crippen LogP contribution in [0.3, 0.4) is 0 Å². The van der Waals surface area contributed by atoms with Crippen molar-refractivity contribution in [3.63, 3.8) is 0 Å². The predicted molar refractivity (Wildman–Crippen MR) is 178 cm³/mol. The standard InChI is InChI=1S/C35H37N7O6/c36-27(16-23-18-38-28-9-5-4-8-26(23)28)32(44)40-30(17-24-19-37-20-39-24)34(46)41-29(14-22-10-12-25(43)13-11-22)33(45)42-31(35(47)48)15-21-6-2-1-3-7-21/h1-13,18-20,27,29-31,38,43H,14-17,36H2,(H,37,39)(H,40,44)(H,41,46)(H,42,45)(H,47,48). The highest BCUT2D eigenvalue weighted by atomic mass is 16.4. The molecule has 9 N–H and O–H groups in total. The van der Waals surface area contributed by atoms with Crippen molar-refractivity contribution in [3.05, 3.63) is 120 Å². The molecule has 48 heavy (non-hydrogen) atoms. The number of carboxylic acids is 1. The molecule has 0 aliphatic carbocycles. The number of carbonyl (C=O) groups excluding carboxylic acids is 3. The highest BCUT2D eigenvalue weighted by Gasteiger charge is 2.31. The number of imidazole rings is 1. The minimum atomic E-state index is -1.28. The number of aromatic hydroxyl groups is 1. The molecule has 0 aliphatic heterocycles. The third-order valence-corrected chi connectivity index (χ3v) is 7.97. The summed E-state index contributed by atoms with van der Waals surface area (Å²) in [5.41, 5.74) is 9.91. The van der Waals surface area contributed by atoms with E-state index in [2.05, 4.69) is 30.9 Å². The zero-order valence-corrected chi connectivity index (χ0v) is 25.9. The topological polar surface area (TPSA) is 215 Å². The van der Waals surface area contributed by atoms with Crippen LogP contribution in [0.15, 0.2) is 97.6 Å². The summed E-state index contributed by atoms with van der Waals surface area (Å²) >= 11 is 0. The van der Waals surface area contributed by atoms with Crippen LogP contribution >= 0.6 is 0 Å². The fourth-order valence-electron chi connectivity index (χ4n) is 5.41. The monoisotopic (exact) mass is 651 g/mol. The van der Waals surface area contributed by atoms with Gasteiger partial charge in [-0.15, -0.1) is 0 Å². The number of fused-ring (bicyclic) bond motifs is 1. The SMILES string of the molecule is NC(Cc1c[nH]c2ccccc12)C(=O)NC(Cc1cnc[nH]1)C(=O)NC(Cc1ccc(O)cc1)C(=O)NC(Cc1ccccc1)C(=O)O. The van der Waals surface area contributed by atoms with Gasteiger partial charge in [-0.25, -0.2) is 9.78 Å². The summed E-state index contributed by atoms with van der Waals surface area (Å²) in [6.45, 7) is 0. The number of aromatic nitrogens is 3. The van der Waals surface area contributed by atoms with Crippen LogP contribution in [0.1, 0.15) is 22.4 Å². The Balaban J connectivity index is 1.34. The fraction of sp³-hybridized carbons (Fsp3) is 0.229. The minimum absolute atomic E-state index is 0.0106. The molecule has 2 aromatic heterocycles. The molecule has 13 nitrogen and oxygen atoms in total. The molecule has 0 saturated heterocycles. The lowest BCUT2D eigenvalue weighted by atomic mass is 10.0. The zero-order chi connectivity index (χ0) is 34.0. The van der Waals surface area contributed by atoms with E-state index in [9.17, 15) is 29.4 Å². The van der Waals surface area contributed by atoms with Crippen molar-refractivity contribution < 1.29 is 29.4 Å². The summed E-state index contributed by atoms with van der Waals surface area (Å²) < 4.78 is 0. The van der Waals surface area contributed by atoms with Gasteiger partial charge in [0.1, 0.15) is 23.9 Å². The van der Waals surface area contributed by atoms with E-state index in [1.165, 1.54) is 24.7 Å². The molecular formula is C35H37N7O6. The van der Waals surface area contributed by atoms with Crippen LogP contribution in [0, 0.1) is 0 Å². The lowest BCUT2D eigenvalue weighted by Gasteiger charge is -2.25. The molecular weight excluding hydrogens is 614 g/mol. The lowest BCUT2D eigenvalue weighted by molar-refractivity contribution is -0.142. The van der Waals surface area contributed by atoms with Crippen LogP contribution in [0.5, 0.6) is 5.75 Å². The van der Waals surface area contributed by atoms with Crippen LogP contribution in [-0.4, -0.2) is 73.0 Å². The van der Waals surface area contributed by atoms with Gasteiger partial charge in [0.25, 0.3) is 0 Å². The van der Waals surface area contributed by atoms with Gasteiger partial charge in [-0.2, -0.15) is 0 Å². The number of aliphatic carboxylic acids is 1. The Kier molecular flexibility index (Phi) is 10.8. The molecule has 2 heterocycles. The first kappa shape index (κ1) is 33.4.